The molecule has 2 aliphatic heterocycles. The predicted octanol–water partition coefficient (Wildman–Crippen LogP) is 4.30. The number of nitrogens with zero attached hydrogens (tertiary/aromatic N) is 1. The van der Waals surface area contributed by atoms with Gasteiger partial charge in [-0.3, -0.25) is 9.59 Å². The van der Waals surface area contributed by atoms with Crippen molar-refractivity contribution in [3.8, 4) is 11.5 Å². The highest BCUT2D eigenvalue weighted by atomic mass is 32.1. The first kappa shape index (κ1) is 20.5. The van der Waals surface area contributed by atoms with E-state index in [-0.39, 0.29) is 30.9 Å². The molecule has 3 heterocycles. The zero-order chi connectivity index (χ0) is 22.1. The molecule has 0 saturated carbocycles. The average molecular weight is 450 g/mol. The standard InChI is InChI=1S/C24H23N3O4S/c1-14-21(11-15-6-8-19-20(10-15)31-13-30-19)32-24(25-14)27-22(28)9-7-17-12-16-4-2-3-5-18(16)26-23(17)29/h2-6,8,10,17H,7,9,11-13H2,1H3,(H,26,29)(H,25,27,28). The highest BCUT2D eigenvalue weighted by Crippen LogP contribution is 2.34. The van der Waals surface area contributed by atoms with Crippen LogP contribution < -0.4 is 20.1 Å². The Labute approximate surface area is 189 Å². The van der Waals surface area contributed by atoms with Crippen molar-refractivity contribution in [3.63, 3.8) is 0 Å². The molecule has 0 fully saturated rings. The predicted molar refractivity (Wildman–Crippen MR) is 122 cm³/mol. The summed E-state index contributed by atoms with van der Waals surface area (Å²) < 4.78 is 10.8. The van der Waals surface area contributed by atoms with E-state index in [0.717, 1.165) is 38.9 Å². The van der Waals surface area contributed by atoms with Crippen molar-refractivity contribution in [2.24, 2.45) is 5.92 Å². The first-order valence-electron chi connectivity index (χ1n) is 10.6. The third kappa shape index (κ3) is 4.31. The van der Waals surface area contributed by atoms with Gasteiger partial charge in [-0.05, 0) is 49.1 Å². The summed E-state index contributed by atoms with van der Waals surface area (Å²) in [5.74, 6) is 1.17. The number of benzene rings is 2. The van der Waals surface area contributed by atoms with Crippen LogP contribution in [0, 0.1) is 12.8 Å². The zero-order valence-electron chi connectivity index (χ0n) is 17.6. The molecule has 0 bridgehead atoms. The van der Waals surface area contributed by atoms with E-state index in [1.165, 1.54) is 11.3 Å². The Morgan fingerprint density at radius 3 is 2.97 bits per heavy atom. The van der Waals surface area contributed by atoms with Crippen LogP contribution in [0.5, 0.6) is 11.5 Å². The summed E-state index contributed by atoms with van der Waals surface area (Å²) in [6.07, 6.45) is 2.14. The fourth-order valence-electron chi connectivity index (χ4n) is 4.02. The van der Waals surface area contributed by atoms with Gasteiger partial charge in [0.25, 0.3) is 0 Å². The van der Waals surface area contributed by atoms with Gasteiger partial charge in [0.15, 0.2) is 16.6 Å². The number of hydrogen-bond donors (Lipinski definition) is 2. The van der Waals surface area contributed by atoms with Crippen molar-refractivity contribution in [1.82, 2.24) is 4.98 Å². The van der Waals surface area contributed by atoms with Gasteiger partial charge in [0, 0.05) is 29.3 Å². The molecule has 1 unspecified atom stereocenters. The summed E-state index contributed by atoms with van der Waals surface area (Å²) >= 11 is 1.47. The van der Waals surface area contributed by atoms with Gasteiger partial charge >= 0.3 is 0 Å². The van der Waals surface area contributed by atoms with Crippen LogP contribution in [0.3, 0.4) is 0 Å². The lowest BCUT2D eigenvalue weighted by molar-refractivity contribution is -0.121. The van der Waals surface area contributed by atoms with Crippen LogP contribution in [-0.4, -0.2) is 23.6 Å². The van der Waals surface area contributed by atoms with Crippen LogP contribution >= 0.6 is 11.3 Å². The number of rotatable bonds is 6. The van der Waals surface area contributed by atoms with Crippen LogP contribution in [0.2, 0.25) is 0 Å². The van der Waals surface area contributed by atoms with Crippen LogP contribution in [0.25, 0.3) is 0 Å². The van der Waals surface area contributed by atoms with Gasteiger partial charge in [0.2, 0.25) is 18.6 Å². The minimum Gasteiger partial charge on any atom is -0.454 e. The number of amides is 2. The largest absolute Gasteiger partial charge is 0.454 e. The Morgan fingerprint density at radius 1 is 1.22 bits per heavy atom. The first-order valence-corrected chi connectivity index (χ1v) is 11.4. The van der Waals surface area contributed by atoms with Gasteiger partial charge in [-0.15, -0.1) is 11.3 Å². The smallest absolute Gasteiger partial charge is 0.231 e. The first-order chi connectivity index (χ1) is 15.5. The van der Waals surface area contributed by atoms with Gasteiger partial charge in [-0.2, -0.15) is 0 Å². The van der Waals surface area contributed by atoms with Crippen molar-refractivity contribution in [2.75, 3.05) is 17.4 Å². The van der Waals surface area contributed by atoms with E-state index in [1.807, 2.05) is 49.4 Å². The van der Waals surface area contributed by atoms with Crippen molar-refractivity contribution < 1.29 is 19.1 Å². The molecular weight excluding hydrogens is 426 g/mol. The van der Waals surface area contributed by atoms with Crippen molar-refractivity contribution >= 4 is 34.0 Å². The minimum absolute atomic E-state index is 0.0207. The van der Waals surface area contributed by atoms with E-state index >= 15 is 0 Å². The summed E-state index contributed by atoms with van der Waals surface area (Å²) in [4.78, 5) is 30.5. The molecule has 0 spiro atoms. The monoisotopic (exact) mass is 449 g/mol. The number of anilines is 2. The number of aryl methyl sites for hydroxylation is 1. The lowest BCUT2D eigenvalue weighted by atomic mass is 9.89. The third-order valence-corrected chi connectivity index (χ3v) is 6.85. The number of para-hydroxylation sites is 1. The highest BCUT2D eigenvalue weighted by molar-refractivity contribution is 7.15. The maximum absolute atomic E-state index is 12.5. The molecule has 2 aromatic carbocycles. The van der Waals surface area contributed by atoms with Gasteiger partial charge in [-0.1, -0.05) is 24.3 Å². The van der Waals surface area contributed by atoms with Gasteiger partial charge in [0.05, 0.1) is 5.69 Å². The Balaban J connectivity index is 1.17. The Morgan fingerprint density at radius 2 is 2.06 bits per heavy atom. The fourth-order valence-corrected chi connectivity index (χ4v) is 5.03. The van der Waals surface area contributed by atoms with Gasteiger partial charge < -0.3 is 20.1 Å². The maximum Gasteiger partial charge on any atom is 0.231 e. The van der Waals surface area contributed by atoms with Crippen LogP contribution in [0.1, 0.15) is 34.5 Å². The van der Waals surface area contributed by atoms with E-state index in [2.05, 4.69) is 15.6 Å². The second-order valence-electron chi connectivity index (χ2n) is 8.03. The Kier molecular flexibility index (Phi) is 5.53. The van der Waals surface area contributed by atoms with Crippen molar-refractivity contribution in [1.29, 1.82) is 0 Å². The molecule has 0 saturated heterocycles. The minimum atomic E-state index is -0.199. The Bertz CT molecular complexity index is 1190. The number of thiazole rings is 1. The number of nitrogens with one attached hydrogen (secondary N) is 2. The van der Waals surface area contributed by atoms with Gasteiger partial charge in [-0.25, -0.2) is 4.98 Å². The molecule has 2 amide bonds. The summed E-state index contributed by atoms with van der Waals surface area (Å²) in [5, 5.41) is 6.42. The molecule has 0 aliphatic carbocycles. The van der Waals surface area contributed by atoms with E-state index in [9.17, 15) is 9.59 Å². The second kappa shape index (κ2) is 8.63. The zero-order valence-corrected chi connectivity index (χ0v) is 18.5. The number of aromatic nitrogens is 1. The molecule has 3 aromatic rings. The molecule has 8 heteroatoms. The summed E-state index contributed by atoms with van der Waals surface area (Å²) in [6, 6.07) is 13.7. The summed E-state index contributed by atoms with van der Waals surface area (Å²) in [6.45, 7) is 2.20. The molecule has 1 aromatic heterocycles. The average Bonchev–Trinajstić information content (AvgIpc) is 3.38. The van der Waals surface area contributed by atoms with Gasteiger partial charge in [0.1, 0.15) is 0 Å². The third-order valence-electron chi connectivity index (χ3n) is 5.77. The number of hydrogen-bond acceptors (Lipinski definition) is 6. The Hall–Kier alpha value is -3.39. The molecule has 7 nitrogen and oxygen atoms in total. The normalized spacial score (nSPS) is 16.4. The van der Waals surface area contributed by atoms with Crippen molar-refractivity contribution in [3.05, 3.63) is 64.2 Å². The lowest BCUT2D eigenvalue weighted by Gasteiger charge is -2.24. The number of fused-ring (bicyclic) bond motifs is 2. The lowest BCUT2D eigenvalue weighted by Crippen LogP contribution is -2.30. The summed E-state index contributed by atoms with van der Waals surface area (Å²) in [7, 11) is 0. The maximum atomic E-state index is 12.5. The molecule has 1 atom stereocenters. The van der Waals surface area contributed by atoms with Crippen LogP contribution in [-0.2, 0) is 22.4 Å². The molecule has 0 radical (unpaired) electrons. The molecule has 164 valence electrons. The number of ether oxygens (including phenoxy) is 2. The van der Waals surface area contributed by atoms with E-state index in [4.69, 9.17) is 9.47 Å². The number of carbonyl (C=O) groups excluding carboxylic acids is 2. The van der Waals surface area contributed by atoms with Crippen LogP contribution in [0.4, 0.5) is 10.8 Å². The highest BCUT2D eigenvalue weighted by Gasteiger charge is 2.26. The van der Waals surface area contributed by atoms with E-state index < -0.39 is 0 Å². The van der Waals surface area contributed by atoms with Crippen molar-refractivity contribution in [2.45, 2.75) is 32.6 Å². The van der Waals surface area contributed by atoms with E-state index in [1.54, 1.807) is 0 Å². The fraction of sp³-hybridized carbons (Fsp3) is 0.292. The SMILES string of the molecule is Cc1nc(NC(=O)CCC2Cc3ccccc3NC2=O)sc1Cc1ccc2c(c1)OCO2. The summed E-state index contributed by atoms with van der Waals surface area (Å²) in [5.41, 5.74) is 3.97. The van der Waals surface area contributed by atoms with E-state index in [0.29, 0.717) is 24.4 Å². The van der Waals surface area contributed by atoms with Crippen LogP contribution in [0.15, 0.2) is 42.5 Å². The molecule has 5 rings (SSSR count). The molecular formula is C24H23N3O4S. The topological polar surface area (TPSA) is 89.6 Å². The quantitative estimate of drug-likeness (QED) is 0.586. The molecule has 2 aliphatic rings. The molecule has 32 heavy (non-hydrogen) atoms. The molecule has 2 N–H and O–H groups in total. The second-order valence-corrected chi connectivity index (χ2v) is 9.11. The number of carbonyl (C=O) groups is 2.